The maximum absolute atomic E-state index is 12.7. The van der Waals surface area contributed by atoms with E-state index in [1.807, 2.05) is 0 Å². The molecule has 2 rings (SSSR count). The molecule has 1 saturated heterocycles. The maximum Gasteiger partial charge on any atom is 0.485 e. The Morgan fingerprint density at radius 2 is 1.87 bits per heavy atom. The number of hydrogen-bond donors (Lipinski definition) is 0. The fraction of sp³-hybridized carbons (Fsp3) is 0.400. The standard InChI is InChI=1S/C10H10F3NO/c11-10(12,13)14(6-9-7-15-9)8-4-2-1-3-5-8/h1-5,9H,6-7H2. The molecule has 0 radical (unpaired) electrons. The second-order valence-electron chi connectivity index (χ2n) is 3.37. The van der Waals surface area contributed by atoms with Gasteiger partial charge in [0.1, 0.15) is 0 Å². The molecule has 82 valence electrons. The largest absolute Gasteiger partial charge is 0.485 e. The van der Waals surface area contributed by atoms with Gasteiger partial charge in [0.05, 0.1) is 19.3 Å². The summed E-state index contributed by atoms with van der Waals surface area (Å²) in [5.74, 6) is 0. The van der Waals surface area contributed by atoms with E-state index >= 15 is 0 Å². The van der Waals surface area contributed by atoms with Crippen LogP contribution in [0.4, 0.5) is 18.9 Å². The first kappa shape index (κ1) is 10.3. The van der Waals surface area contributed by atoms with Gasteiger partial charge in [0.2, 0.25) is 0 Å². The van der Waals surface area contributed by atoms with Crippen LogP contribution in [0.2, 0.25) is 0 Å². The Labute approximate surface area is 85.3 Å². The Hall–Kier alpha value is -1.23. The van der Waals surface area contributed by atoms with Crippen LogP contribution in [-0.2, 0) is 4.74 Å². The third kappa shape index (κ3) is 2.62. The van der Waals surface area contributed by atoms with E-state index in [0.717, 1.165) is 0 Å². The zero-order chi connectivity index (χ0) is 10.9. The lowest BCUT2D eigenvalue weighted by atomic mass is 10.3. The zero-order valence-corrected chi connectivity index (χ0v) is 7.87. The van der Waals surface area contributed by atoms with Crippen molar-refractivity contribution in [2.24, 2.45) is 0 Å². The van der Waals surface area contributed by atoms with Crippen LogP contribution >= 0.6 is 0 Å². The van der Waals surface area contributed by atoms with Crippen LogP contribution in [0.5, 0.6) is 0 Å². The molecule has 5 heteroatoms. The summed E-state index contributed by atoms with van der Waals surface area (Å²) in [5.41, 5.74) is 0.153. The SMILES string of the molecule is FC(F)(F)N(CC1CO1)c1ccccc1. The Bertz CT molecular complexity index is 321. The molecule has 0 amide bonds. The number of anilines is 1. The molecule has 1 atom stereocenters. The maximum atomic E-state index is 12.7. The number of ether oxygens (including phenoxy) is 1. The number of alkyl halides is 3. The predicted molar refractivity (Wildman–Crippen MR) is 49.6 cm³/mol. The molecule has 1 fully saturated rings. The smallest absolute Gasteiger partial charge is 0.371 e. The van der Waals surface area contributed by atoms with Gasteiger partial charge in [0.15, 0.2) is 0 Å². The molecule has 15 heavy (non-hydrogen) atoms. The summed E-state index contributed by atoms with van der Waals surface area (Å²) in [6.07, 6.45) is -4.64. The number of benzene rings is 1. The van der Waals surface area contributed by atoms with Gasteiger partial charge in [0, 0.05) is 5.69 Å². The van der Waals surface area contributed by atoms with E-state index in [-0.39, 0.29) is 18.3 Å². The summed E-state index contributed by atoms with van der Waals surface area (Å²) in [6.45, 7) is 0.285. The lowest BCUT2D eigenvalue weighted by Crippen LogP contribution is -2.40. The van der Waals surface area contributed by atoms with Crippen molar-refractivity contribution in [2.75, 3.05) is 18.1 Å². The van der Waals surface area contributed by atoms with E-state index in [2.05, 4.69) is 0 Å². The van der Waals surface area contributed by atoms with Crippen LogP contribution < -0.4 is 4.90 Å². The minimum Gasteiger partial charge on any atom is -0.371 e. The van der Waals surface area contributed by atoms with Crippen molar-refractivity contribution < 1.29 is 17.9 Å². The average Bonchev–Trinajstić information content (AvgIpc) is 2.97. The summed E-state index contributed by atoms with van der Waals surface area (Å²) in [6, 6.07) is 7.74. The van der Waals surface area contributed by atoms with Gasteiger partial charge in [-0.15, -0.1) is 0 Å². The molecule has 1 unspecified atom stereocenters. The van der Waals surface area contributed by atoms with E-state index in [9.17, 15) is 13.2 Å². The van der Waals surface area contributed by atoms with Crippen LogP contribution in [0.15, 0.2) is 30.3 Å². The predicted octanol–water partition coefficient (Wildman–Crippen LogP) is 2.41. The van der Waals surface area contributed by atoms with E-state index in [1.165, 1.54) is 12.1 Å². The summed E-state index contributed by atoms with van der Waals surface area (Å²) in [7, 11) is 0. The average molecular weight is 217 g/mol. The lowest BCUT2D eigenvalue weighted by Gasteiger charge is -2.26. The Morgan fingerprint density at radius 3 is 2.33 bits per heavy atom. The normalized spacial score (nSPS) is 20.1. The van der Waals surface area contributed by atoms with Gasteiger partial charge in [0.25, 0.3) is 0 Å². The van der Waals surface area contributed by atoms with Gasteiger partial charge in [-0.05, 0) is 12.1 Å². The molecule has 0 spiro atoms. The van der Waals surface area contributed by atoms with Gasteiger partial charge in [-0.2, -0.15) is 13.2 Å². The second kappa shape index (κ2) is 3.73. The van der Waals surface area contributed by atoms with Gasteiger partial charge in [-0.25, -0.2) is 0 Å². The van der Waals surface area contributed by atoms with Crippen molar-refractivity contribution in [3.63, 3.8) is 0 Å². The topological polar surface area (TPSA) is 15.8 Å². The molecule has 1 heterocycles. The van der Waals surface area contributed by atoms with Crippen molar-refractivity contribution in [3.8, 4) is 0 Å². The number of halogens is 3. The lowest BCUT2D eigenvalue weighted by molar-refractivity contribution is -0.129. The quantitative estimate of drug-likeness (QED) is 0.570. The molecule has 1 aliphatic rings. The molecule has 0 bridgehead atoms. The third-order valence-corrected chi connectivity index (χ3v) is 2.16. The number of nitrogens with zero attached hydrogens (tertiary/aromatic N) is 1. The van der Waals surface area contributed by atoms with Crippen LogP contribution in [-0.4, -0.2) is 25.6 Å². The van der Waals surface area contributed by atoms with E-state index in [0.29, 0.717) is 11.5 Å². The molecule has 1 aliphatic heterocycles. The minimum absolute atomic E-state index is 0.131. The fourth-order valence-corrected chi connectivity index (χ4v) is 1.34. The highest BCUT2D eigenvalue weighted by molar-refractivity contribution is 5.47. The van der Waals surface area contributed by atoms with Crippen LogP contribution in [0.25, 0.3) is 0 Å². The van der Waals surface area contributed by atoms with E-state index in [1.54, 1.807) is 18.2 Å². The molecule has 1 aromatic carbocycles. The number of epoxide rings is 1. The second-order valence-corrected chi connectivity index (χ2v) is 3.37. The van der Waals surface area contributed by atoms with Crippen molar-refractivity contribution in [2.45, 2.75) is 12.4 Å². The highest BCUT2D eigenvalue weighted by Crippen LogP contribution is 2.30. The first-order valence-electron chi connectivity index (χ1n) is 4.58. The molecule has 0 aromatic heterocycles. The van der Waals surface area contributed by atoms with Crippen molar-refractivity contribution in [1.82, 2.24) is 0 Å². The van der Waals surface area contributed by atoms with Gasteiger partial charge in [-0.1, -0.05) is 18.2 Å². The van der Waals surface area contributed by atoms with Gasteiger partial charge < -0.3 is 4.74 Å². The van der Waals surface area contributed by atoms with Gasteiger partial charge >= 0.3 is 6.30 Å². The summed E-state index contributed by atoms with van der Waals surface area (Å²) >= 11 is 0. The zero-order valence-electron chi connectivity index (χ0n) is 7.87. The molecular formula is C10H10F3NO. The molecule has 0 saturated carbocycles. The number of rotatable bonds is 3. The number of para-hydroxylation sites is 1. The van der Waals surface area contributed by atoms with Gasteiger partial charge in [-0.3, -0.25) is 4.90 Å². The first-order chi connectivity index (χ1) is 7.07. The highest BCUT2D eigenvalue weighted by atomic mass is 19.4. The molecule has 0 N–H and O–H groups in total. The third-order valence-electron chi connectivity index (χ3n) is 2.16. The summed E-state index contributed by atoms with van der Waals surface area (Å²) in [5, 5.41) is 0. The van der Waals surface area contributed by atoms with E-state index in [4.69, 9.17) is 4.74 Å². The Kier molecular flexibility index (Phi) is 2.56. The fourth-order valence-electron chi connectivity index (χ4n) is 1.34. The van der Waals surface area contributed by atoms with Crippen molar-refractivity contribution in [3.05, 3.63) is 30.3 Å². The van der Waals surface area contributed by atoms with Crippen molar-refractivity contribution in [1.29, 1.82) is 0 Å². The highest BCUT2D eigenvalue weighted by Gasteiger charge is 2.41. The van der Waals surface area contributed by atoms with Crippen molar-refractivity contribution >= 4 is 5.69 Å². The monoisotopic (exact) mass is 217 g/mol. The Morgan fingerprint density at radius 1 is 1.27 bits per heavy atom. The molecule has 0 aliphatic carbocycles. The van der Waals surface area contributed by atoms with Crippen LogP contribution in [0.3, 0.4) is 0 Å². The summed E-state index contributed by atoms with van der Waals surface area (Å²) < 4.78 is 42.8. The van der Waals surface area contributed by atoms with Crippen LogP contribution in [0, 0.1) is 0 Å². The molecule has 2 nitrogen and oxygen atoms in total. The minimum atomic E-state index is -4.35. The summed E-state index contributed by atoms with van der Waals surface area (Å²) in [4.78, 5) is 0.407. The Balaban J connectivity index is 2.17. The molecular weight excluding hydrogens is 207 g/mol. The molecule has 1 aromatic rings. The van der Waals surface area contributed by atoms with E-state index < -0.39 is 6.30 Å². The van der Waals surface area contributed by atoms with Crippen LogP contribution in [0.1, 0.15) is 0 Å². The number of hydrogen-bond acceptors (Lipinski definition) is 2. The first-order valence-corrected chi connectivity index (χ1v) is 4.58.